The molecular weight excluding hydrogens is 336 g/mol. The van der Waals surface area contributed by atoms with E-state index in [1.807, 2.05) is 18.2 Å². The Labute approximate surface area is 132 Å². The van der Waals surface area contributed by atoms with E-state index in [1.54, 1.807) is 0 Å². The molecule has 0 bridgehead atoms. The molecule has 1 nitrogen and oxygen atoms in total. The third kappa shape index (κ3) is 4.35. The zero-order valence-electron chi connectivity index (χ0n) is 11.9. The lowest BCUT2D eigenvalue weighted by molar-refractivity contribution is 0.522. The van der Waals surface area contributed by atoms with Gasteiger partial charge in [-0.2, -0.15) is 0 Å². The quantitative estimate of drug-likeness (QED) is 0.568. The van der Waals surface area contributed by atoms with Gasteiger partial charge in [0, 0.05) is 12.1 Å². The second kappa shape index (κ2) is 7.66. The third-order valence-electron chi connectivity index (χ3n) is 3.56. The summed E-state index contributed by atoms with van der Waals surface area (Å²) in [6, 6.07) is 12.9. The summed E-state index contributed by atoms with van der Waals surface area (Å²) in [6.45, 7) is 3.05. The summed E-state index contributed by atoms with van der Waals surface area (Å²) in [6.07, 6.45) is 0.918. The number of nitrogens with one attached hydrogen (secondary N) is 1. The molecule has 2 aromatic rings. The van der Waals surface area contributed by atoms with Crippen molar-refractivity contribution in [2.75, 3.05) is 6.54 Å². The standard InChI is InChI=1S/C17H18BrF2N/c1-12(13-5-3-2-4-6-13)9-10-21-11-14-16(19)8-7-15(18)17(14)20/h2-8,12,21H,9-11H2,1H3. The Morgan fingerprint density at radius 3 is 2.52 bits per heavy atom. The Balaban J connectivity index is 1.84. The molecule has 1 unspecified atom stereocenters. The van der Waals surface area contributed by atoms with Crippen LogP contribution in [0.1, 0.15) is 30.4 Å². The van der Waals surface area contributed by atoms with Crippen molar-refractivity contribution in [3.63, 3.8) is 0 Å². The Morgan fingerprint density at radius 1 is 1.10 bits per heavy atom. The molecule has 0 aliphatic heterocycles. The van der Waals surface area contributed by atoms with Crippen LogP contribution in [0.2, 0.25) is 0 Å². The summed E-state index contributed by atoms with van der Waals surface area (Å²) in [5.74, 6) is -0.631. The molecule has 4 heteroatoms. The van der Waals surface area contributed by atoms with Gasteiger partial charge in [0.1, 0.15) is 11.6 Å². The van der Waals surface area contributed by atoms with E-state index in [0.29, 0.717) is 16.9 Å². The van der Waals surface area contributed by atoms with Crippen molar-refractivity contribution in [3.05, 3.63) is 69.7 Å². The molecule has 0 saturated heterocycles. The van der Waals surface area contributed by atoms with Gasteiger partial charge in [-0.1, -0.05) is 37.3 Å². The van der Waals surface area contributed by atoms with Crippen LogP contribution in [0.25, 0.3) is 0 Å². The van der Waals surface area contributed by atoms with Gasteiger partial charge >= 0.3 is 0 Å². The van der Waals surface area contributed by atoms with Crippen LogP contribution in [-0.4, -0.2) is 6.54 Å². The molecule has 112 valence electrons. The highest BCUT2D eigenvalue weighted by Gasteiger charge is 2.12. The highest BCUT2D eigenvalue weighted by atomic mass is 79.9. The van der Waals surface area contributed by atoms with E-state index in [0.717, 1.165) is 6.42 Å². The fourth-order valence-electron chi connectivity index (χ4n) is 2.21. The largest absolute Gasteiger partial charge is 0.312 e. The fraction of sp³-hybridized carbons (Fsp3) is 0.294. The van der Waals surface area contributed by atoms with E-state index in [9.17, 15) is 8.78 Å². The van der Waals surface area contributed by atoms with Crippen LogP contribution in [-0.2, 0) is 6.54 Å². The topological polar surface area (TPSA) is 12.0 Å². The highest BCUT2D eigenvalue weighted by molar-refractivity contribution is 9.10. The molecule has 1 N–H and O–H groups in total. The van der Waals surface area contributed by atoms with Gasteiger partial charge in [0.05, 0.1) is 4.47 Å². The van der Waals surface area contributed by atoms with E-state index in [2.05, 4.69) is 40.3 Å². The number of rotatable bonds is 6. The van der Waals surface area contributed by atoms with E-state index >= 15 is 0 Å². The molecule has 2 rings (SSSR count). The Hall–Kier alpha value is -1.26. The first-order valence-electron chi connectivity index (χ1n) is 6.97. The zero-order chi connectivity index (χ0) is 15.2. The minimum Gasteiger partial charge on any atom is -0.312 e. The summed E-state index contributed by atoms with van der Waals surface area (Å²) in [4.78, 5) is 0. The zero-order valence-corrected chi connectivity index (χ0v) is 13.5. The minimum absolute atomic E-state index is 0.0803. The minimum atomic E-state index is -0.529. The average Bonchev–Trinajstić information content (AvgIpc) is 2.51. The summed E-state index contributed by atoms with van der Waals surface area (Å²) < 4.78 is 27.7. The maximum Gasteiger partial charge on any atom is 0.144 e. The summed E-state index contributed by atoms with van der Waals surface area (Å²) in [7, 11) is 0. The molecule has 0 aliphatic carbocycles. The first-order chi connectivity index (χ1) is 10.1. The van der Waals surface area contributed by atoms with Crippen LogP contribution in [0, 0.1) is 11.6 Å². The fourth-order valence-corrected chi connectivity index (χ4v) is 2.58. The smallest absolute Gasteiger partial charge is 0.144 e. The van der Waals surface area contributed by atoms with Crippen LogP contribution < -0.4 is 5.32 Å². The summed E-state index contributed by atoms with van der Waals surface area (Å²) >= 11 is 3.07. The van der Waals surface area contributed by atoms with Crippen LogP contribution in [0.4, 0.5) is 8.78 Å². The van der Waals surface area contributed by atoms with Crippen LogP contribution >= 0.6 is 15.9 Å². The van der Waals surface area contributed by atoms with Gasteiger partial charge in [0.15, 0.2) is 0 Å². The maximum absolute atomic E-state index is 13.8. The predicted octanol–water partition coefficient (Wildman–Crippen LogP) is 5.01. The van der Waals surface area contributed by atoms with Crippen LogP contribution in [0.3, 0.4) is 0 Å². The van der Waals surface area contributed by atoms with Gasteiger partial charge in [-0.25, -0.2) is 8.78 Å². The normalized spacial score (nSPS) is 12.4. The number of hydrogen-bond acceptors (Lipinski definition) is 1. The second-order valence-electron chi connectivity index (χ2n) is 5.10. The summed E-state index contributed by atoms with van der Waals surface area (Å²) in [5.41, 5.74) is 1.36. The number of hydrogen-bond donors (Lipinski definition) is 1. The van der Waals surface area contributed by atoms with Gasteiger partial charge in [-0.15, -0.1) is 0 Å². The lowest BCUT2D eigenvalue weighted by Gasteiger charge is -2.13. The van der Waals surface area contributed by atoms with Crippen molar-refractivity contribution in [2.24, 2.45) is 0 Å². The van der Waals surface area contributed by atoms with E-state index in [4.69, 9.17) is 0 Å². The first kappa shape index (κ1) is 16.1. The molecule has 0 aromatic heterocycles. The molecule has 1 atom stereocenters. The maximum atomic E-state index is 13.8. The van der Waals surface area contributed by atoms with Crippen molar-refractivity contribution in [3.8, 4) is 0 Å². The molecule has 0 aliphatic rings. The van der Waals surface area contributed by atoms with E-state index in [-0.39, 0.29) is 12.1 Å². The van der Waals surface area contributed by atoms with Crippen molar-refractivity contribution in [1.82, 2.24) is 5.32 Å². The second-order valence-corrected chi connectivity index (χ2v) is 5.95. The van der Waals surface area contributed by atoms with Gasteiger partial charge in [0.2, 0.25) is 0 Å². The lowest BCUT2D eigenvalue weighted by atomic mass is 9.98. The Bertz CT molecular complexity index is 587. The Kier molecular flexibility index (Phi) is 5.88. The molecule has 0 radical (unpaired) electrons. The van der Waals surface area contributed by atoms with Crippen molar-refractivity contribution >= 4 is 15.9 Å². The molecule has 21 heavy (non-hydrogen) atoms. The molecular formula is C17H18BrF2N. The molecule has 0 amide bonds. The first-order valence-corrected chi connectivity index (χ1v) is 7.77. The van der Waals surface area contributed by atoms with Crippen molar-refractivity contribution < 1.29 is 8.78 Å². The van der Waals surface area contributed by atoms with Crippen LogP contribution in [0.15, 0.2) is 46.9 Å². The highest BCUT2D eigenvalue weighted by Crippen LogP contribution is 2.22. The van der Waals surface area contributed by atoms with Crippen molar-refractivity contribution in [2.45, 2.75) is 25.8 Å². The van der Waals surface area contributed by atoms with Gasteiger partial charge in [-0.3, -0.25) is 0 Å². The Morgan fingerprint density at radius 2 is 1.81 bits per heavy atom. The molecule has 0 fully saturated rings. The van der Waals surface area contributed by atoms with E-state index in [1.165, 1.54) is 17.7 Å². The predicted molar refractivity (Wildman–Crippen MR) is 85.2 cm³/mol. The SMILES string of the molecule is CC(CCNCc1c(F)ccc(Br)c1F)c1ccccc1. The van der Waals surface area contributed by atoms with Crippen molar-refractivity contribution in [1.29, 1.82) is 0 Å². The summed E-state index contributed by atoms with van der Waals surface area (Å²) in [5, 5.41) is 3.11. The molecule has 0 saturated carbocycles. The van der Waals surface area contributed by atoms with Gasteiger partial charge in [0.25, 0.3) is 0 Å². The third-order valence-corrected chi connectivity index (χ3v) is 4.18. The van der Waals surface area contributed by atoms with Gasteiger partial charge < -0.3 is 5.32 Å². The van der Waals surface area contributed by atoms with E-state index < -0.39 is 11.6 Å². The van der Waals surface area contributed by atoms with Crippen LogP contribution in [0.5, 0.6) is 0 Å². The molecule has 0 heterocycles. The number of halogens is 3. The molecule has 0 spiro atoms. The number of benzene rings is 2. The monoisotopic (exact) mass is 353 g/mol. The average molecular weight is 354 g/mol. The lowest BCUT2D eigenvalue weighted by Crippen LogP contribution is -2.18. The van der Waals surface area contributed by atoms with Gasteiger partial charge in [-0.05, 0) is 52.5 Å². The molecule has 2 aromatic carbocycles.